The zero-order valence-corrected chi connectivity index (χ0v) is 23.2. The average molecular weight is 576 g/mol. The molecule has 2 aromatic carbocycles. The molecule has 1 fully saturated rings. The topological polar surface area (TPSA) is 123 Å². The molecule has 1 saturated heterocycles. The Labute approximate surface area is 240 Å². The molecule has 1 aliphatic rings. The van der Waals surface area contributed by atoms with Crippen molar-refractivity contribution in [3.05, 3.63) is 71.8 Å². The van der Waals surface area contributed by atoms with E-state index in [4.69, 9.17) is 10.5 Å². The van der Waals surface area contributed by atoms with Gasteiger partial charge in [-0.15, -0.1) is 0 Å². The number of benzene rings is 2. The summed E-state index contributed by atoms with van der Waals surface area (Å²) in [6.07, 6.45) is 4.36. The molecule has 2 aromatic heterocycles. The van der Waals surface area contributed by atoms with Crippen molar-refractivity contribution in [2.24, 2.45) is 5.41 Å². The summed E-state index contributed by atoms with van der Waals surface area (Å²) in [5, 5.41) is 14.6. The number of carbonyl (C=O) groups excluding carboxylic acids is 1. The minimum absolute atomic E-state index is 0.0505. The van der Waals surface area contributed by atoms with Gasteiger partial charge in [0.1, 0.15) is 41.0 Å². The van der Waals surface area contributed by atoms with Gasteiger partial charge in [0.05, 0.1) is 18.0 Å². The van der Waals surface area contributed by atoms with Crippen LogP contribution in [0.5, 0.6) is 11.5 Å². The number of nitrogens with zero attached hydrogens (tertiary/aromatic N) is 6. The Balaban J connectivity index is 1.48. The van der Waals surface area contributed by atoms with E-state index in [0.29, 0.717) is 24.0 Å². The normalized spacial score (nSPS) is 15.7. The maximum Gasteiger partial charge on any atom is 0.264 e. The number of allylic oxidation sites excluding steroid dienone is 1. The predicted octanol–water partition coefficient (Wildman–Crippen LogP) is 5.77. The molecular formula is C30H28F3N7O2. The lowest BCUT2D eigenvalue weighted by Gasteiger charge is -2.25. The fourth-order valence-corrected chi connectivity index (χ4v) is 5.01. The van der Waals surface area contributed by atoms with Gasteiger partial charge >= 0.3 is 0 Å². The smallest absolute Gasteiger partial charge is 0.264 e. The Morgan fingerprint density at radius 2 is 1.98 bits per heavy atom. The summed E-state index contributed by atoms with van der Waals surface area (Å²) in [4.78, 5) is 23.4. The molecular weight excluding hydrogens is 547 g/mol. The van der Waals surface area contributed by atoms with Gasteiger partial charge in [0, 0.05) is 18.2 Å². The van der Waals surface area contributed by atoms with Gasteiger partial charge in [-0.2, -0.15) is 14.8 Å². The molecule has 9 nitrogen and oxygen atoms in total. The highest BCUT2D eigenvalue weighted by molar-refractivity contribution is 5.99. The van der Waals surface area contributed by atoms with Gasteiger partial charge in [0.25, 0.3) is 5.91 Å². The summed E-state index contributed by atoms with van der Waals surface area (Å²) in [7, 11) is 0. The summed E-state index contributed by atoms with van der Waals surface area (Å²) in [5.41, 5.74) is 6.49. The van der Waals surface area contributed by atoms with Crippen LogP contribution in [0.1, 0.15) is 33.6 Å². The van der Waals surface area contributed by atoms with Gasteiger partial charge in [-0.05, 0) is 42.5 Å². The number of aromatic nitrogens is 4. The van der Waals surface area contributed by atoms with Crippen LogP contribution in [-0.4, -0.2) is 43.1 Å². The van der Waals surface area contributed by atoms with E-state index in [1.54, 1.807) is 15.7 Å². The van der Waals surface area contributed by atoms with E-state index < -0.39 is 17.5 Å². The molecule has 0 bridgehead atoms. The molecule has 1 atom stereocenters. The summed E-state index contributed by atoms with van der Waals surface area (Å²) in [6, 6.07) is 9.03. The monoisotopic (exact) mass is 575 g/mol. The van der Waals surface area contributed by atoms with Crippen LogP contribution in [0.3, 0.4) is 0 Å². The van der Waals surface area contributed by atoms with Crippen molar-refractivity contribution >= 4 is 22.8 Å². The molecule has 5 rings (SSSR count). The zero-order chi connectivity index (χ0) is 30.2. The van der Waals surface area contributed by atoms with Crippen LogP contribution in [-0.2, 0) is 11.3 Å². The summed E-state index contributed by atoms with van der Waals surface area (Å²) in [5.74, 6) is -3.73. The van der Waals surface area contributed by atoms with Crippen LogP contribution in [0, 0.1) is 34.2 Å². The third-order valence-corrected chi connectivity index (χ3v) is 6.85. The molecule has 0 aliphatic carbocycles. The predicted molar refractivity (Wildman–Crippen MR) is 149 cm³/mol. The van der Waals surface area contributed by atoms with Gasteiger partial charge in [0.15, 0.2) is 17.2 Å². The second-order valence-electron chi connectivity index (χ2n) is 11.1. The number of rotatable bonds is 6. The minimum atomic E-state index is -1.19. The van der Waals surface area contributed by atoms with Crippen LogP contribution >= 0.6 is 0 Å². The molecule has 0 radical (unpaired) electrons. The maximum atomic E-state index is 15.5. The molecule has 216 valence electrons. The van der Waals surface area contributed by atoms with Crippen molar-refractivity contribution < 1.29 is 22.7 Å². The third-order valence-electron chi connectivity index (χ3n) is 6.85. The first-order valence-corrected chi connectivity index (χ1v) is 13.3. The number of amides is 1. The van der Waals surface area contributed by atoms with Crippen molar-refractivity contribution in [2.45, 2.75) is 46.2 Å². The summed E-state index contributed by atoms with van der Waals surface area (Å²) in [6.45, 7) is 6.46. The van der Waals surface area contributed by atoms with Crippen LogP contribution < -0.4 is 10.5 Å². The first kappa shape index (κ1) is 28.6. The number of nitriles is 1. The van der Waals surface area contributed by atoms with E-state index in [9.17, 15) is 18.8 Å². The van der Waals surface area contributed by atoms with Crippen LogP contribution in [0.4, 0.5) is 19.0 Å². The molecule has 4 aromatic rings. The fraction of sp³-hybridized carbons (Fsp3) is 0.300. The van der Waals surface area contributed by atoms with E-state index >= 15 is 4.39 Å². The number of carbonyl (C=O) groups is 1. The number of hydrogen-bond acceptors (Lipinski definition) is 7. The van der Waals surface area contributed by atoms with Crippen molar-refractivity contribution in [3.8, 4) is 28.8 Å². The number of anilines is 1. The number of fused-ring (bicyclic) bond motifs is 1. The molecule has 0 unspecified atom stereocenters. The number of nitrogen functional groups attached to an aromatic ring is 1. The Morgan fingerprint density at radius 1 is 1.19 bits per heavy atom. The molecule has 12 heteroatoms. The second kappa shape index (κ2) is 11.2. The van der Waals surface area contributed by atoms with Gasteiger partial charge in [-0.3, -0.25) is 4.79 Å². The lowest BCUT2D eigenvalue weighted by molar-refractivity contribution is -0.127. The van der Waals surface area contributed by atoms with E-state index in [-0.39, 0.29) is 58.1 Å². The quantitative estimate of drug-likeness (QED) is 0.229. The fourth-order valence-electron chi connectivity index (χ4n) is 5.01. The number of ether oxygens (including phenoxy) is 1. The Bertz CT molecular complexity index is 1750. The Hall–Kier alpha value is -4.92. The number of halogens is 3. The first-order chi connectivity index (χ1) is 20.0. The zero-order valence-electron chi connectivity index (χ0n) is 23.2. The van der Waals surface area contributed by atoms with E-state index in [1.165, 1.54) is 30.6 Å². The van der Waals surface area contributed by atoms with Gasteiger partial charge in [-0.25, -0.2) is 23.4 Å². The average Bonchev–Trinajstić information content (AvgIpc) is 3.55. The van der Waals surface area contributed by atoms with Crippen molar-refractivity contribution in [2.75, 3.05) is 12.3 Å². The molecule has 3 heterocycles. The van der Waals surface area contributed by atoms with E-state index in [0.717, 1.165) is 18.6 Å². The molecule has 0 spiro atoms. The lowest BCUT2D eigenvalue weighted by atomic mass is 9.93. The standard InChI is InChI=1S/C30H28F3N7O2/c1-30(2,3)13-17(14-34)29(41)39-11-5-6-18(39)15-40-28-24(27(35)36-16-37-28)26(38-40)20-10-9-19(12-22(20)32)42-23-8-4-7-21(31)25(23)33/h4,7-10,12-13,16,18H,5-6,11,15H2,1-3H3,(H2,35,36,37)/t18-/m0/s1. The molecule has 2 N–H and O–H groups in total. The first-order valence-electron chi connectivity index (χ1n) is 13.3. The van der Waals surface area contributed by atoms with E-state index in [2.05, 4.69) is 15.1 Å². The van der Waals surface area contributed by atoms with Gasteiger partial charge < -0.3 is 15.4 Å². The molecule has 0 saturated carbocycles. The highest BCUT2D eigenvalue weighted by Crippen LogP contribution is 2.35. The largest absolute Gasteiger partial charge is 0.454 e. The number of nitrogens with two attached hydrogens (primary N) is 1. The number of likely N-dealkylation sites (tertiary alicyclic amines) is 1. The Kier molecular flexibility index (Phi) is 7.60. The molecule has 1 aliphatic heterocycles. The Morgan fingerprint density at radius 3 is 2.69 bits per heavy atom. The van der Waals surface area contributed by atoms with Crippen molar-refractivity contribution in [1.82, 2.24) is 24.6 Å². The van der Waals surface area contributed by atoms with Gasteiger partial charge in [-0.1, -0.05) is 32.9 Å². The van der Waals surface area contributed by atoms with Crippen LogP contribution in [0.2, 0.25) is 0 Å². The van der Waals surface area contributed by atoms with Crippen molar-refractivity contribution in [1.29, 1.82) is 5.26 Å². The van der Waals surface area contributed by atoms with E-state index in [1.807, 2.05) is 26.8 Å². The second-order valence-corrected chi connectivity index (χ2v) is 11.1. The SMILES string of the molecule is CC(C)(C)C=C(C#N)C(=O)N1CCC[C@H]1Cn1nc(-c2ccc(Oc3cccc(F)c3F)cc2F)c2c(N)ncnc21. The lowest BCUT2D eigenvalue weighted by Crippen LogP contribution is -2.39. The van der Waals surface area contributed by atoms with Gasteiger partial charge in [0.2, 0.25) is 5.82 Å². The molecule has 42 heavy (non-hydrogen) atoms. The van der Waals surface area contributed by atoms with Crippen molar-refractivity contribution in [3.63, 3.8) is 0 Å². The summed E-state index contributed by atoms with van der Waals surface area (Å²) < 4.78 is 50.0. The third kappa shape index (κ3) is 5.63. The van der Waals surface area contributed by atoms with Crippen LogP contribution in [0.15, 0.2) is 54.4 Å². The molecule has 1 amide bonds. The number of hydrogen-bond donors (Lipinski definition) is 1. The minimum Gasteiger partial charge on any atom is -0.454 e. The maximum absolute atomic E-state index is 15.5. The summed E-state index contributed by atoms with van der Waals surface area (Å²) >= 11 is 0. The highest BCUT2D eigenvalue weighted by atomic mass is 19.2. The van der Waals surface area contributed by atoms with Crippen LogP contribution in [0.25, 0.3) is 22.3 Å². The highest BCUT2D eigenvalue weighted by Gasteiger charge is 2.33.